The maximum Gasteiger partial charge on any atom is 0.287 e. The molecule has 154 valence electrons. The summed E-state index contributed by atoms with van der Waals surface area (Å²) in [4.78, 5) is 32.2. The van der Waals surface area contributed by atoms with E-state index in [9.17, 15) is 9.59 Å². The van der Waals surface area contributed by atoms with Gasteiger partial charge in [-0.15, -0.1) is 0 Å². The molecule has 7 heteroatoms. The highest BCUT2D eigenvalue weighted by Gasteiger charge is 2.30. The fourth-order valence-corrected chi connectivity index (χ4v) is 4.26. The minimum absolute atomic E-state index is 0.0266. The van der Waals surface area contributed by atoms with E-state index in [4.69, 9.17) is 4.74 Å². The number of hydrogen-bond acceptors (Lipinski definition) is 4. The SMILES string of the molecule is COc1ccccc1CCNC(=O)c1nc(C(=O)N2CCCC2)c2n1CCCC2. The molecular weight excluding hydrogens is 368 g/mol. The van der Waals surface area contributed by atoms with Gasteiger partial charge < -0.3 is 19.5 Å². The molecule has 0 spiro atoms. The predicted molar refractivity (Wildman–Crippen MR) is 109 cm³/mol. The summed E-state index contributed by atoms with van der Waals surface area (Å²) in [6.07, 6.45) is 5.58. The average molecular weight is 396 g/mol. The lowest BCUT2D eigenvalue weighted by molar-refractivity contribution is 0.0786. The van der Waals surface area contributed by atoms with Crippen LogP contribution in [-0.2, 0) is 19.4 Å². The van der Waals surface area contributed by atoms with Gasteiger partial charge in [-0.2, -0.15) is 0 Å². The minimum Gasteiger partial charge on any atom is -0.496 e. The number of carbonyl (C=O) groups excluding carboxylic acids is 2. The number of amides is 2. The van der Waals surface area contributed by atoms with Crippen molar-refractivity contribution in [2.24, 2.45) is 0 Å². The minimum atomic E-state index is -0.219. The summed E-state index contributed by atoms with van der Waals surface area (Å²) < 4.78 is 7.32. The van der Waals surface area contributed by atoms with Crippen molar-refractivity contribution in [1.82, 2.24) is 19.8 Å². The quantitative estimate of drug-likeness (QED) is 0.814. The summed E-state index contributed by atoms with van der Waals surface area (Å²) >= 11 is 0. The number of rotatable bonds is 6. The second kappa shape index (κ2) is 8.68. The molecule has 0 saturated carbocycles. The van der Waals surface area contributed by atoms with E-state index in [1.165, 1.54) is 0 Å². The first kappa shape index (κ1) is 19.5. The molecule has 1 saturated heterocycles. The summed E-state index contributed by atoms with van der Waals surface area (Å²) in [7, 11) is 1.65. The molecule has 1 aromatic carbocycles. The Kier molecular flexibility index (Phi) is 5.83. The van der Waals surface area contributed by atoms with Crippen LogP contribution in [0.2, 0.25) is 0 Å². The Morgan fingerprint density at radius 2 is 1.86 bits per heavy atom. The molecule has 3 heterocycles. The van der Waals surface area contributed by atoms with E-state index in [1.807, 2.05) is 33.7 Å². The van der Waals surface area contributed by atoms with Gasteiger partial charge in [-0.3, -0.25) is 9.59 Å². The molecule has 2 aliphatic rings. The highest BCUT2D eigenvalue weighted by Crippen LogP contribution is 2.24. The molecule has 4 rings (SSSR count). The third kappa shape index (κ3) is 3.99. The van der Waals surface area contributed by atoms with Gasteiger partial charge in [0.1, 0.15) is 11.4 Å². The molecule has 2 amide bonds. The van der Waals surface area contributed by atoms with Crippen LogP contribution in [0.15, 0.2) is 24.3 Å². The Morgan fingerprint density at radius 3 is 2.66 bits per heavy atom. The van der Waals surface area contributed by atoms with Gasteiger partial charge in [-0.05, 0) is 50.2 Å². The van der Waals surface area contributed by atoms with Crippen molar-refractivity contribution in [3.63, 3.8) is 0 Å². The second-order valence-electron chi connectivity index (χ2n) is 7.66. The highest BCUT2D eigenvalue weighted by atomic mass is 16.5. The van der Waals surface area contributed by atoms with Gasteiger partial charge in [0.2, 0.25) is 0 Å². The first-order chi connectivity index (χ1) is 14.2. The number of nitrogens with zero attached hydrogens (tertiary/aromatic N) is 3. The van der Waals surface area contributed by atoms with Crippen molar-refractivity contribution in [1.29, 1.82) is 0 Å². The molecule has 1 fully saturated rings. The molecule has 7 nitrogen and oxygen atoms in total. The number of nitrogens with one attached hydrogen (secondary N) is 1. The van der Waals surface area contributed by atoms with Gasteiger partial charge in [0, 0.05) is 26.2 Å². The van der Waals surface area contributed by atoms with E-state index in [0.717, 1.165) is 68.7 Å². The maximum atomic E-state index is 12.9. The zero-order valence-electron chi connectivity index (χ0n) is 16.9. The summed E-state index contributed by atoms with van der Waals surface area (Å²) in [5, 5.41) is 2.97. The molecular formula is C22H28N4O3. The normalized spacial score (nSPS) is 15.8. The summed E-state index contributed by atoms with van der Waals surface area (Å²) in [6.45, 7) is 2.79. The standard InChI is InChI=1S/C22H28N4O3/c1-29-18-10-3-2-8-16(18)11-12-23-21(27)20-24-19(17-9-4-5-15-26(17)20)22(28)25-13-6-7-14-25/h2-3,8,10H,4-7,9,11-15H2,1H3,(H,23,27). The monoisotopic (exact) mass is 396 g/mol. The van der Waals surface area contributed by atoms with Crippen LogP contribution in [0.4, 0.5) is 0 Å². The van der Waals surface area contributed by atoms with Gasteiger partial charge in [0.15, 0.2) is 5.82 Å². The lowest BCUT2D eigenvalue weighted by atomic mass is 10.1. The van der Waals surface area contributed by atoms with E-state index >= 15 is 0 Å². The lowest BCUT2D eigenvalue weighted by Gasteiger charge is -2.18. The van der Waals surface area contributed by atoms with E-state index in [1.54, 1.807) is 7.11 Å². The fraction of sp³-hybridized carbons (Fsp3) is 0.500. The van der Waals surface area contributed by atoms with Crippen molar-refractivity contribution < 1.29 is 14.3 Å². The van der Waals surface area contributed by atoms with Gasteiger partial charge >= 0.3 is 0 Å². The number of carbonyl (C=O) groups is 2. The smallest absolute Gasteiger partial charge is 0.287 e. The highest BCUT2D eigenvalue weighted by molar-refractivity contribution is 5.97. The molecule has 2 aromatic rings. The molecule has 0 atom stereocenters. The number of hydrogen-bond donors (Lipinski definition) is 1. The Labute approximate surface area is 171 Å². The molecule has 29 heavy (non-hydrogen) atoms. The number of likely N-dealkylation sites (tertiary alicyclic amines) is 1. The fourth-order valence-electron chi connectivity index (χ4n) is 4.26. The molecule has 0 radical (unpaired) electrons. The van der Waals surface area contributed by atoms with Gasteiger partial charge in [0.25, 0.3) is 11.8 Å². The van der Waals surface area contributed by atoms with Crippen LogP contribution in [0.1, 0.15) is 58.0 Å². The third-order valence-corrected chi connectivity index (χ3v) is 5.79. The summed E-state index contributed by atoms with van der Waals surface area (Å²) in [5.41, 5.74) is 2.44. The maximum absolute atomic E-state index is 12.9. The summed E-state index contributed by atoms with van der Waals surface area (Å²) in [6, 6.07) is 7.80. The lowest BCUT2D eigenvalue weighted by Crippen LogP contribution is -2.29. The molecule has 0 unspecified atom stereocenters. The van der Waals surface area contributed by atoms with E-state index in [2.05, 4.69) is 10.3 Å². The van der Waals surface area contributed by atoms with Crippen LogP contribution in [0.25, 0.3) is 0 Å². The molecule has 1 N–H and O–H groups in total. The molecule has 1 aromatic heterocycles. The Hall–Kier alpha value is -2.83. The molecule has 0 bridgehead atoms. The van der Waals surface area contributed by atoms with Gasteiger partial charge in [-0.1, -0.05) is 18.2 Å². The largest absolute Gasteiger partial charge is 0.496 e. The number of ether oxygens (including phenoxy) is 1. The van der Waals surface area contributed by atoms with Crippen LogP contribution >= 0.6 is 0 Å². The predicted octanol–water partition coefficient (Wildman–Crippen LogP) is 2.44. The van der Waals surface area contributed by atoms with Crippen molar-refractivity contribution in [3.05, 3.63) is 47.0 Å². The first-order valence-corrected chi connectivity index (χ1v) is 10.5. The van der Waals surface area contributed by atoms with Crippen LogP contribution in [0.3, 0.4) is 0 Å². The second-order valence-corrected chi connectivity index (χ2v) is 7.66. The number of methoxy groups -OCH3 is 1. The van der Waals surface area contributed by atoms with Crippen molar-refractivity contribution >= 4 is 11.8 Å². The molecule has 2 aliphatic heterocycles. The Balaban J connectivity index is 1.48. The van der Waals surface area contributed by atoms with E-state index in [0.29, 0.717) is 24.5 Å². The average Bonchev–Trinajstić information content (AvgIpc) is 3.42. The number of benzene rings is 1. The zero-order chi connectivity index (χ0) is 20.2. The summed E-state index contributed by atoms with van der Waals surface area (Å²) in [5.74, 6) is 0.936. The Bertz CT molecular complexity index is 899. The van der Waals surface area contributed by atoms with Crippen LogP contribution in [-0.4, -0.2) is 53.0 Å². The number of aromatic nitrogens is 2. The van der Waals surface area contributed by atoms with Crippen molar-refractivity contribution in [2.45, 2.75) is 45.1 Å². The first-order valence-electron chi connectivity index (χ1n) is 10.5. The molecule has 0 aliphatic carbocycles. The van der Waals surface area contributed by atoms with Gasteiger partial charge in [0.05, 0.1) is 12.8 Å². The van der Waals surface area contributed by atoms with Crippen molar-refractivity contribution in [2.75, 3.05) is 26.7 Å². The number of fused-ring (bicyclic) bond motifs is 1. The third-order valence-electron chi connectivity index (χ3n) is 5.79. The number of imidazole rings is 1. The zero-order valence-corrected chi connectivity index (χ0v) is 16.9. The van der Waals surface area contributed by atoms with E-state index in [-0.39, 0.29) is 11.8 Å². The Morgan fingerprint density at radius 1 is 1.10 bits per heavy atom. The van der Waals surface area contributed by atoms with Gasteiger partial charge in [-0.25, -0.2) is 4.98 Å². The van der Waals surface area contributed by atoms with Crippen LogP contribution in [0.5, 0.6) is 5.75 Å². The van der Waals surface area contributed by atoms with Crippen LogP contribution < -0.4 is 10.1 Å². The topological polar surface area (TPSA) is 76.5 Å². The van der Waals surface area contributed by atoms with Crippen LogP contribution in [0, 0.1) is 0 Å². The van der Waals surface area contributed by atoms with Crippen molar-refractivity contribution in [3.8, 4) is 5.75 Å². The number of para-hydroxylation sites is 1. The van der Waals surface area contributed by atoms with E-state index < -0.39 is 0 Å².